The molecule has 162 valence electrons. The lowest BCUT2D eigenvalue weighted by Crippen LogP contribution is -2.21. The Hall–Kier alpha value is -3.42. The van der Waals surface area contributed by atoms with Crippen LogP contribution >= 0.6 is 7.92 Å². The molecule has 0 saturated heterocycles. The fourth-order valence-corrected chi connectivity index (χ4v) is 6.67. The van der Waals surface area contributed by atoms with Crippen molar-refractivity contribution in [1.29, 1.82) is 0 Å². The summed E-state index contributed by atoms with van der Waals surface area (Å²) < 4.78 is 39.4. The number of fused-ring (bicyclic) bond motifs is 1. The van der Waals surface area contributed by atoms with Gasteiger partial charge in [-0.25, -0.2) is 0 Å². The Morgan fingerprint density at radius 2 is 1.06 bits per heavy atom. The maximum Gasteiger partial charge on any atom is 0.416 e. The van der Waals surface area contributed by atoms with Gasteiger partial charge in [0.2, 0.25) is 0 Å². The maximum absolute atomic E-state index is 13.1. The summed E-state index contributed by atoms with van der Waals surface area (Å²) in [5, 5.41) is 5.81. The molecular weight excluding hydrogens is 436 g/mol. The molecule has 0 aliphatic carbocycles. The van der Waals surface area contributed by atoms with Crippen molar-refractivity contribution in [2.75, 3.05) is 0 Å². The molecule has 0 heterocycles. The van der Waals surface area contributed by atoms with Crippen molar-refractivity contribution in [3.8, 4) is 11.1 Å². The smallest absolute Gasteiger partial charge is 0.166 e. The summed E-state index contributed by atoms with van der Waals surface area (Å²) in [5.74, 6) is 0. The molecule has 0 fully saturated rings. The first-order chi connectivity index (χ1) is 16.0. The van der Waals surface area contributed by atoms with E-state index < -0.39 is 19.7 Å². The highest BCUT2D eigenvalue weighted by Gasteiger charge is 2.30. The van der Waals surface area contributed by atoms with Gasteiger partial charge in [0.15, 0.2) is 0 Å². The van der Waals surface area contributed by atoms with E-state index in [0.29, 0.717) is 0 Å². The van der Waals surface area contributed by atoms with Crippen LogP contribution in [0.25, 0.3) is 21.9 Å². The minimum atomic E-state index is -4.35. The summed E-state index contributed by atoms with van der Waals surface area (Å²) in [7, 11) is -0.857. The first kappa shape index (κ1) is 21.4. The lowest BCUT2D eigenvalue weighted by atomic mass is 9.97. The van der Waals surface area contributed by atoms with Crippen LogP contribution < -0.4 is 15.9 Å². The van der Waals surface area contributed by atoms with Crippen molar-refractivity contribution in [1.82, 2.24) is 0 Å². The summed E-state index contributed by atoms with van der Waals surface area (Å²) in [5.41, 5.74) is 1.08. The molecule has 0 radical (unpaired) electrons. The lowest BCUT2D eigenvalue weighted by Gasteiger charge is -2.22. The second-order valence-electron chi connectivity index (χ2n) is 7.76. The quantitative estimate of drug-likeness (QED) is 0.249. The van der Waals surface area contributed by atoms with Gasteiger partial charge in [-0.15, -0.1) is 0 Å². The number of hydrogen-bond acceptors (Lipinski definition) is 0. The van der Waals surface area contributed by atoms with Gasteiger partial charge in [0.1, 0.15) is 0 Å². The molecule has 5 aromatic rings. The van der Waals surface area contributed by atoms with Crippen molar-refractivity contribution in [3.63, 3.8) is 0 Å². The third-order valence-electron chi connectivity index (χ3n) is 5.68. The van der Waals surface area contributed by atoms with Gasteiger partial charge in [-0.05, 0) is 57.9 Å². The molecule has 0 nitrogen and oxygen atoms in total. The summed E-state index contributed by atoms with van der Waals surface area (Å²) in [4.78, 5) is 0. The molecule has 5 rings (SSSR count). The summed E-state index contributed by atoms with van der Waals surface area (Å²) in [6.45, 7) is 0. The Balaban J connectivity index is 1.75. The van der Waals surface area contributed by atoms with Crippen LogP contribution in [0.15, 0.2) is 121 Å². The highest BCUT2D eigenvalue weighted by molar-refractivity contribution is 7.80. The summed E-state index contributed by atoms with van der Waals surface area (Å²) in [6.07, 6.45) is -4.35. The Morgan fingerprint density at radius 3 is 1.61 bits per heavy atom. The van der Waals surface area contributed by atoms with E-state index in [0.717, 1.165) is 34.0 Å². The summed E-state index contributed by atoms with van der Waals surface area (Å²) in [6, 6.07) is 38.6. The van der Waals surface area contributed by atoms with E-state index in [-0.39, 0.29) is 0 Å². The van der Waals surface area contributed by atoms with Crippen molar-refractivity contribution >= 4 is 34.6 Å². The van der Waals surface area contributed by atoms with E-state index in [9.17, 15) is 13.2 Å². The van der Waals surface area contributed by atoms with Crippen molar-refractivity contribution in [3.05, 3.63) is 127 Å². The fraction of sp³-hybridized carbons (Fsp3) is 0.0345. The number of rotatable bonds is 4. The third kappa shape index (κ3) is 4.29. The van der Waals surface area contributed by atoms with E-state index in [1.54, 1.807) is 12.1 Å². The van der Waals surface area contributed by atoms with Crippen LogP contribution in [0.4, 0.5) is 13.2 Å². The molecule has 0 aliphatic rings. The van der Waals surface area contributed by atoms with Gasteiger partial charge < -0.3 is 0 Å². The number of benzene rings is 5. The first-order valence-corrected chi connectivity index (χ1v) is 12.0. The van der Waals surface area contributed by atoms with Gasteiger partial charge in [0, 0.05) is 0 Å². The molecule has 0 spiro atoms. The second kappa shape index (κ2) is 8.84. The standard InChI is InChI=1S/C29H20F3P/c30-29(31,32)23-19-17-21(18-20-23)26-15-7-9-22-10-8-16-27(28(22)26)33(24-11-3-1-4-12-24)25-13-5-2-6-14-25/h1-20H. The Kier molecular flexibility index (Phi) is 5.74. The molecule has 0 amide bonds. The number of hydrogen-bond donors (Lipinski definition) is 0. The molecule has 0 aromatic heterocycles. The van der Waals surface area contributed by atoms with E-state index in [4.69, 9.17) is 0 Å². The molecular formula is C29H20F3P. The zero-order valence-electron chi connectivity index (χ0n) is 17.6. The minimum Gasteiger partial charge on any atom is -0.166 e. The summed E-state index contributed by atoms with van der Waals surface area (Å²) >= 11 is 0. The Labute approximate surface area is 192 Å². The van der Waals surface area contributed by atoms with Crippen molar-refractivity contribution in [2.24, 2.45) is 0 Å². The van der Waals surface area contributed by atoms with Crippen molar-refractivity contribution < 1.29 is 13.2 Å². The molecule has 0 saturated carbocycles. The predicted molar refractivity (Wildman–Crippen MR) is 133 cm³/mol. The Morgan fingerprint density at radius 1 is 0.515 bits per heavy atom. The van der Waals surface area contributed by atoms with Crippen LogP contribution in [-0.4, -0.2) is 0 Å². The Bertz CT molecular complexity index is 1330. The maximum atomic E-state index is 13.1. The van der Waals surface area contributed by atoms with Crippen LogP contribution in [-0.2, 0) is 6.18 Å². The van der Waals surface area contributed by atoms with Gasteiger partial charge in [-0.2, -0.15) is 13.2 Å². The van der Waals surface area contributed by atoms with Crippen LogP contribution in [0.3, 0.4) is 0 Å². The molecule has 0 aliphatic heterocycles. The van der Waals surface area contributed by atoms with Gasteiger partial charge in [-0.3, -0.25) is 0 Å². The largest absolute Gasteiger partial charge is 0.416 e. The molecule has 0 N–H and O–H groups in total. The van der Waals surface area contributed by atoms with Gasteiger partial charge in [0.25, 0.3) is 0 Å². The average molecular weight is 456 g/mol. The molecule has 0 bridgehead atoms. The molecule has 5 aromatic carbocycles. The molecule has 33 heavy (non-hydrogen) atoms. The molecule has 4 heteroatoms. The topological polar surface area (TPSA) is 0 Å². The normalized spacial score (nSPS) is 11.8. The minimum absolute atomic E-state index is 0.637. The van der Waals surface area contributed by atoms with E-state index in [1.807, 2.05) is 24.3 Å². The molecule has 0 unspecified atom stereocenters. The van der Waals surface area contributed by atoms with Crippen LogP contribution in [0.2, 0.25) is 0 Å². The monoisotopic (exact) mass is 456 g/mol. The van der Waals surface area contributed by atoms with E-state index >= 15 is 0 Å². The predicted octanol–water partition coefficient (Wildman–Crippen LogP) is 7.28. The molecule has 0 atom stereocenters. The zero-order valence-corrected chi connectivity index (χ0v) is 18.5. The second-order valence-corrected chi connectivity index (χ2v) is 9.95. The number of alkyl halides is 3. The van der Waals surface area contributed by atoms with Gasteiger partial charge in [-0.1, -0.05) is 109 Å². The number of halogens is 3. The van der Waals surface area contributed by atoms with Crippen molar-refractivity contribution in [2.45, 2.75) is 6.18 Å². The highest BCUT2D eigenvalue weighted by Crippen LogP contribution is 2.39. The van der Waals surface area contributed by atoms with E-state index in [2.05, 4.69) is 72.8 Å². The van der Waals surface area contributed by atoms with E-state index in [1.165, 1.54) is 15.9 Å². The van der Waals surface area contributed by atoms with Gasteiger partial charge in [0.05, 0.1) is 5.56 Å². The average Bonchev–Trinajstić information content (AvgIpc) is 2.85. The van der Waals surface area contributed by atoms with Crippen LogP contribution in [0.5, 0.6) is 0 Å². The highest BCUT2D eigenvalue weighted by atomic mass is 31.1. The van der Waals surface area contributed by atoms with Gasteiger partial charge >= 0.3 is 6.18 Å². The third-order valence-corrected chi connectivity index (χ3v) is 8.16. The SMILES string of the molecule is FC(F)(F)c1ccc(-c2cccc3cccc(P(c4ccccc4)c4ccccc4)c23)cc1. The zero-order chi connectivity index (χ0) is 22.8. The lowest BCUT2D eigenvalue weighted by molar-refractivity contribution is -0.137. The van der Waals surface area contributed by atoms with Crippen LogP contribution in [0.1, 0.15) is 5.56 Å². The van der Waals surface area contributed by atoms with Crippen LogP contribution in [0, 0.1) is 0 Å². The first-order valence-electron chi connectivity index (χ1n) is 10.6. The fourth-order valence-electron chi connectivity index (χ4n) is 4.17.